The smallest absolute Gasteiger partial charge is 0.220 e. The minimum absolute atomic E-state index is 0.218. The Kier molecular flexibility index (Phi) is 7.40. The first-order chi connectivity index (χ1) is 14.8. The summed E-state index contributed by atoms with van der Waals surface area (Å²) in [5.74, 6) is 2.54. The summed E-state index contributed by atoms with van der Waals surface area (Å²) in [6.45, 7) is 2.27. The first-order valence-corrected chi connectivity index (χ1v) is 11.4. The minimum atomic E-state index is 0.218. The van der Waals surface area contributed by atoms with Gasteiger partial charge in [0.05, 0.1) is 5.69 Å². The Bertz CT molecular complexity index is 786. The van der Waals surface area contributed by atoms with Crippen LogP contribution < -0.4 is 15.4 Å². The number of carbonyl (C=O) groups excluding carboxylic acids is 1. The van der Waals surface area contributed by atoms with Crippen molar-refractivity contribution in [2.24, 2.45) is 11.8 Å². The van der Waals surface area contributed by atoms with E-state index in [2.05, 4.69) is 15.8 Å². The lowest BCUT2D eigenvalue weighted by molar-refractivity contribution is -0.123. The number of nitrogens with zero attached hydrogens (tertiary/aromatic N) is 1. The van der Waals surface area contributed by atoms with Gasteiger partial charge in [-0.05, 0) is 62.7 Å². The zero-order valence-corrected chi connectivity index (χ0v) is 17.6. The summed E-state index contributed by atoms with van der Waals surface area (Å²) in [7, 11) is 0. The van der Waals surface area contributed by atoms with Crippen LogP contribution in [0.1, 0.15) is 56.4 Å². The number of ether oxygens (including phenoxy) is 1. The maximum absolute atomic E-state index is 12.6. The van der Waals surface area contributed by atoms with E-state index >= 15 is 0 Å². The molecule has 2 aliphatic rings. The Labute approximate surface area is 178 Å². The van der Waals surface area contributed by atoms with Gasteiger partial charge in [0.25, 0.3) is 0 Å². The van der Waals surface area contributed by atoms with Crippen molar-refractivity contribution in [1.29, 1.82) is 0 Å². The molecule has 1 saturated heterocycles. The van der Waals surface area contributed by atoms with E-state index in [1.165, 1.54) is 19.3 Å². The molecule has 2 aromatic rings. The Morgan fingerprint density at radius 2 is 1.97 bits per heavy atom. The number of benzene rings is 1. The minimum Gasteiger partial charge on any atom is -0.486 e. The average molecular weight is 412 g/mol. The largest absolute Gasteiger partial charge is 0.486 e. The molecule has 4 rings (SSSR count). The molecule has 6 nitrogen and oxygen atoms in total. The van der Waals surface area contributed by atoms with Crippen molar-refractivity contribution in [3.05, 3.63) is 47.9 Å². The highest BCUT2D eigenvalue weighted by molar-refractivity contribution is 5.76. The van der Waals surface area contributed by atoms with Crippen LogP contribution in [0.5, 0.6) is 5.75 Å². The summed E-state index contributed by atoms with van der Waals surface area (Å²) < 4.78 is 11.2. The van der Waals surface area contributed by atoms with Crippen molar-refractivity contribution < 1.29 is 14.1 Å². The second kappa shape index (κ2) is 10.6. The van der Waals surface area contributed by atoms with Crippen LogP contribution >= 0.6 is 0 Å². The lowest BCUT2D eigenvalue weighted by atomic mass is 9.81. The highest BCUT2D eigenvalue weighted by Gasteiger charge is 2.29. The molecule has 0 spiro atoms. The topological polar surface area (TPSA) is 76.4 Å². The predicted molar refractivity (Wildman–Crippen MR) is 115 cm³/mol. The molecule has 0 radical (unpaired) electrons. The molecule has 1 aromatic carbocycles. The van der Waals surface area contributed by atoms with Gasteiger partial charge in [0, 0.05) is 18.5 Å². The van der Waals surface area contributed by atoms with E-state index in [0.29, 0.717) is 30.9 Å². The number of nitrogens with one attached hydrogen (secondary N) is 2. The van der Waals surface area contributed by atoms with Crippen LogP contribution in [-0.2, 0) is 17.8 Å². The number of para-hydroxylation sites is 1. The molecular formula is C24H33N3O3. The summed E-state index contributed by atoms with van der Waals surface area (Å²) in [5.41, 5.74) is 0.938. The van der Waals surface area contributed by atoms with Crippen molar-refractivity contribution in [1.82, 2.24) is 15.8 Å². The van der Waals surface area contributed by atoms with Crippen molar-refractivity contribution in [3.63, 3.8) is 0 Å². The lowest BCUT2D eigenvalue weighted by Crippen LogP contribution is -2.42. The van der Waals surface area contributed by atoms with Gasteiger partial charge in [0.2, 0.25) is 5.91 Å². The SMILES string of the molecule is O=C(CC1CCNCC1Cc1cc(COc2ccccc2)on1)NC1CCCCC1. The number of carbonyl (C=O) groups is 1. The maximum atomic E-state index is 12.6. The van der Waals surface area contributed by atoms with Gasteiger partial charge in [0.1, 0.15) is 12.4 Å². The number of piperidine rings is 1. The van der Waals surface area contributed by atoms with Crippen LogP contribution in [0.2, 0.25) is 0 Å². The molecule has 1 aliphatic heterocycles. The van der Waals surface area contributed by atoms with Crippen LogP contribution in [0.3, 0.4) is 0 Å². The quantitative estimate of drug-likeness (QED) is 0.690. The molecule has 2 atom stereocenters. The number of hydrogen-bond donors (Lipinski definition) is 2. The summed E-state index contributed by atoms with van der Waals surface area (Å²) >= 11 is 0. The predicted octanol–water partition coefficient (Wildman–Crippen LogP) is 3.86. The van der Waals surface area contributed by atoms with Crippen LogP contribution in [0.15, 0.2) is 40.9 Å². The molecule has 0 bridgehead atoms. The third-order valence-corrected chi connectivity index (χ3v) is 6.39. The number of hydrogen-bond acceptors (Lipinski definition) is 5. The van der Waals surface area contributed by atoms with Crippen molar-refractivity contribution in [2.75, 3.05) is 13.1 Å². The Balaban J connectivity index is 1.27. The Hall–Kier alpha value is -2.34. The van der Waals surface area contributed by atoms with E-state index < -0.39 is 0 Å². The molecule has 1 saturated carbocycles. The van der Waals surface area contributed by atoms with Crippen molar-refractivity contribution in [3.8, 4) is 5.75 Å². The van der Waals surface area contributed by atoms with Gasteiger partial charge in [-0.2, -0.15) is 0 Å². The first-order valence-electron chi connectivity index (χ1n) is 11.4. The molecule has 2 unspecified atom stereocenters. The first kappa shape index (κ1) is 20.9. The Morgan fingerprint density at radius 3 is 2.80 bits per heavy atom. The standard InChI is InChI=1S/C24H33N3O3/c28-24(26-20-7-3-1-4-8-20)14-18-11-12-25-16-19(18)13-21-15-23(30-27-21)17-29-22-9-5-2-6-10-22/h2,5-6,9-10,15,18-20,25H,1,3-4,7-8,11-14,16-17H2,(H,26,28). The molecule has 6 heteroatoms. The average Bonchev–Trinajstić information content (AvgIpc) is 3.22. The fourth-order valence-corrected chi connectivity index (χ4v) is 4.72. The van der Waals surface area contributed by atoms with Crippen molar-refractivity contribution >= 4 is 5.91 Å². The highest BCUT2D eigenvalue weighted by atomic mass is 16.5. The second-order valence-electron chi connectivity index (χ2n) is 8.71. The zero-order valence-electron chi connectivity index (χ0n) is 17.6. The van der Waals surface area contributed by atoms with E-state index in [-0.39, 0.29) is 5.91 Å². The number of rotatable bonds is 8. The molecule has 162 valence electrons. The fourth-order valence-electron chi connectivity index (χ4n) is 4.72. The van der Waals surface area contributed by atoms with Gasteiger partial charge >= 0.3 is 0 Å². The van der Waals surface area contributed by atoms with Gasteiger partial charge in [-0.3, -0.25) is 4.79 Å². The van der Waals surface area contributed by atoms with E-state index in [1.807, 2.05) is 36.4 Å². The third kappa shape index (κ3) is 6.08. The summed E-state index contributed by atoms with van der Waals surface area (Å²) in [4.78, 5) is 12.6. The molecular weight excluding hydrogens is 378 g/mol. The maximum Gasteiger partial charge on any atom is 0.220 e. The van der Waals surface area contributed by atoms with Gasteiger partial charge < -0.3 is 19.9 Å². The molecule has 2 heterocycles. The Morgan fingerprint density at radius 1 is 1.13 bits per heavy atom. The van der Waals surface area contributed by atoms with Crippen LogP contribution in [0.25, 0.3) is 0 Å². The van der Waals surface area contributed by atoms with Gasteiger partial charge in [-0.25, -0.2) is 0 Å². The fraction of sp³-hybridized carbons (Fsp3) is 0.583. The molecule has 30 heavy (non-hydrogen) atoms. The van der Waals surface area contributed by atoms with Gasteiger partial charge in [-0.15, -0.1) is 0 Å². The zero-order chi connectivity index (χ0) is 20.6. The van der Waals surface area contributed by atoms with Gasteiger partial charge in [-0.1, -0.05) is 42.6 Å². The monoisotopic (exact) mass is 411 g/mol. The highest BCUT2D eigenvalue weighted by Crippen LogP contribution is 2.27. The third-order valence-electron chi connectivity index (χ3n) is 6.39. The molecule has 1 aliphatic carbocycles. The van der Waals surface area contributed by atoms with Crippen LogP contribution in [0, 0.1) is 11.8 Å². The molecule has 1 amide bonds. The van der Waals surface area contributed by atoms with E-state index in [9.17, 15) is 4.79 Å². The number of amides is 1. The summed E-state index contributed by atoms with van der Waals surface area (Å²) in [5, 5.41) is 11.0. The molecule has 2 N–H and O–H groups in total. The number of aromatic nitrogens is 1. The summed E-state index contributed by atoms with van der Waals surface area (Å²) in [6.07, 6.45) is 8.52. The van der Waals surface area contributed by atoms with Crippen LogP contribution in [-0.4, -0.2) is 30.2 Å². The van der Waals surface area contributed by atoms with E-state index in [4.69, 9.17) is 9.26 Å². The summed E-state index contributed by atoms with van der Waals surface area (Å²) in [6, 6.07) is 12.1. The van der Waals surface area contributed by atoms with E-state index in [0.717, 1.165) is 56.0 Å². The molecule has 2 fully saturated rings. The van der Waals surface area contributed by atoms with Crippen molar-refractivity contribution in [2.45, 2.75) is 64.0 Å². The second-order valence-corrected chi connectivity index (χ2v) is 8.71. The van der Waals surface area contributed by atoms with Crippen LogP contribution in [0.4, 0.5) is 0 Å². The molecule has 1 aromatic heterocycles. The van der Waals surface area contributed by atoms with Gasteiger partial charge in [0.15, 0.2) is 5.76 Å². The lowest BCUT2D eigenvalue weighted by Gasteiger charge is -2.32. The van der Waals surface area contributed by atoms with E-state index in [1.54, 1.807) is 0 Å². The normalized spacial score (nSPS) is 22.5.